The Morgan fingerprint density at radius 2 is 1.40 bits per heavy atom. The fourth-order valence-electron chi connectivity index (χ4n) is 0.639. The summed E-state index contributed by atoms with van der Waals surface area (Å²) in [6.45, 7) is 0. The fraction of sp³-hybridized carbons (Fsp3) is 0. The number of hydrogen-bond acceptors (Lipinski definition) is 4. The molecular formula is C6H9N3S. The first kappa shape index (κ1) is 7.08. The number of benzene rings is 1. The number of rotatable bonds is 0. The maximum Gasteiger partial charge on any atom is 0.0569 e. The van der Waals surface area contributed by atoms with Gasteiger partial charge in [-0.1, -0.05) is 0 Å². The zero-order chi connectivity index (χ0) is 7.72. The van der Waals surface area contributed by atoms with E-state index >= 15 is 0 Å². The second-order valence-corrected chi connectivity index (χ2v) is 2.52. The molecule has 0 aliphatic rings. The van der Waals surface area contributed by atoms with Gasteiger partial charge in [-0.3, -0.25) is 0 Å². The maximum atomic E-state index is 5.48. The van der Waals surface area contributed by atoms with Gasteiger partial charge in [-0.15, -0.1) is 12.6 Å². The van der Waals surface area contributed by atoms with Crippen LogP contribution in [0.2, 0.25) is 0 Å². The van der Waals surface area contributed by atoms with Crippen molar-refractivity contribution in [2.24, 2.45) is 0 Å². The Balaban J connectivity index is 3.28. The predicted molar refractivity (Wildman–Crippen MR) is 46.9 cm³/mol. The first-order valence-electron chi connectivity index (χ1n) is 2.74. The van der Waals surface area contributed by atoms with E-state index in [1.54, 1.807) is 12.1 Å². The first-order chi connectivity index (χ1) is 4.61. The Kier molecular flexibility index (Phi) is 1.63. The molecule has 6 N–H and O–H groups in total. The van der Waals surface area contributed by atoms with Gasteiger partial charge in [0, 0.05) is 10.6 Å². The van der Waals surface area contributed by atoms with Crippen molar-refractivity contribution >= 4 is 29.7 Å². The Bertz CT molecular complexity index is 209. The monoisotopic (exact) mass is 155 g/mol. The van der Waals surface area contributed by atoms with E-state index in [0.717, 1.165) is 0 Å². The normalized spacial score (nSPS) is 9.70. The average Bonchev–Trinajstić information content (AvgIpc) is 1.84. The largest absolute Gasteiger partial charge is 0.398 e. The molecule has 0 amide bonds. The van der Waals surface area contributed by atoms with E-state index in [4.69, 9.17) is 17.2 Å². The number of nitrogens with two attached hydrogens (primary N) is 3. The Morgan fingerprint density at radius 1 is 0.900 bits per heavy atom. The highest BCUT2D eigenvalue weighted by molar-refractivity contribution is 7.80. The maximum absolute atomic E-state index is 5.48. The molecule has 0 saturated heterocycles. The summed E-state index contributed by atoms with van der Waals surface area (Å²) in [5, 5.41) is 0. The van der Waals surface area contributed by atoms with Crippen molar-refractivity contribution in [2.75, 3.05) is 17.2 Å². The molecule has 0 saturated carbocycles. The zero-order valence-corrected chi connectivity index (χ0v) is 6.23. The van der Waals surface area contributed by atoms with Gasteiger partial charge in [-0.05, 0) is 12.1 Å². The van der Waals surface area contributed by atoms with Gasteiger partial charge in [0.1, 0.15) is 0 Å². The molecule has 10 heavy (non-hydrogen) atoms. The molecule has 0 atom stereocenters. The molecule has 0 unspecified atom stereocenters. The molecule has 1 aromatic rings. The molecule has 0 spiro atoms. The van der Waals surface area contributed by atoms with Gasteiger partial charge in [0.05, 0.1) is 11.4 Å². The van der Waals surface area contributed by atoms with Crippen molar-refractivity contribution in [3.63, 3.8) is 0 Å². The average molecular weight is 155 g/mol. The molecular weight excluding hydrogens is 146 g/mol. The summed E-state index contributed by atoms with van der Waals surface area (Å²) < 4.78 is 0. The first-order valence-corrected chi connectivity index (χ1v) is 3.19. The van der Waals surface area contributed by atoms with Crippen LogP contribution < -0.4 is 17.2 Å². The summed E-state index contributed by atoms with van der Waals surface area (Å²) >= 11 is 4.05. The van der Waals surface area contributed by atoms with Crippen LogP contribution in [0.4, 0.5) is 17.1 Å². The van der Waals surface area contributed by atoms with Crippen molar-refractivity contribution in [1.29, 1.82) is 0 Å². The molecule has 0 fully saturated rings. The highest BCUT2D eigenvalue weighted by atomic mass is 32.1. The second-order valence-electron chi connectivity index (χ2n) is 2.04. The van der Waals surface area contributed by atoms with Gasteiger partial charge in [0.15, 0.2) is 0 Å². The molecule has 0 heterocycles. The lowest BCUT2D eigenvalue weighted by Gasteiger charge is -2.03. The third-order valence-electron chi connectivity index (χ3n) is 1.23. The number of hydrogen-bond donors (Lipinski definition) is 4. The van der Waals surface area contributed by atoms with Crippen molar-refractivity contribution < 1.29 is 0 Å². The fourth-order valence-corrected chi connectivity index (χ4v) is 0.842. The summed E-state index contributed by atoms with van der Waals surface area (Å²) in [4.78, 5) is 0.659. The standard InChI is InChI=1S/C6H9N3S/c7-3-1-5(9)6(10)2-4(3)8/h1-2,10H,7-9H2. The van der Waals surface area contributed by atoms with Gasteiger partial charge < -0.3 is 17.2 Å². The van der Waals surface area contributed by atoms with Crippen molar-refractivity contribution in [3.05, 3.63) is 12.1 Å². The van der Waals surface area contributed by atoms with E-state index in [2.05, 4.69) is 12.6 Å². The molecule has 0 aliphatic carbocycles. The number of thiol groups is 1. The Labute approximate surface area is 64.6 Å². The third-order valence-corrected chi connectivity index (χ3v) is 1.62. The highest BCUT2D eigenvalue weighted by Crippen LogP contribution is 2.24. The molecule has 0 aromatic heterocycles. The SMILES string of the molecule is Nc1cc(N)c(S)cc1N. The minimum Gasteiger partial charge on any atom is -0.398 e. The second kappa shape index (κ2) is 2.30. The van der Waals surface area contributed by atoms with E-state index in [9.17, 15) is 0 Å². The molecule has 54 valence electrons. The van der Waals surface area contributed by atoms with Crippen LogP contribution in [0, 0.1) is 0 Å². The summed E-state index contributed by atoms with van der Waals surface area (Å²) in [6.07, 6.45) is 0. The van der Waals surface area contributed by atoms with E-state index in [-0.39, 0.29) is 0 Å². The van der Waals surface area contributed by atoms with Gasteiger partial charge in [0.2, 0.25) is 0 Å². The molecule has 0 aliphatic heterocycles. The van der Waals surface area contributed by atoms with Crippen molar-refractivity contribution in [2.45, 2.75) is 4.90 Å². The van der Waals surface area contributed by atoms with E-state index in [1.165, 1.54) is 0 Å². The van der Waals surface area contributed by atoms with Gasteiger partial charge in [0.25, 0.3) is 0 Å². The lowest BCUT2D eigenvalue weighted by Crippen LogP contribution is -1.97. The highest BCUT2D eigenvalue weighted by Gasteiger charge is 1.98. The van der Waals surface area contributed by atoms with Crippen molar-refractivity contribution in [1.82, 2.24) is 0 Å². The molecule has 0 radical (unpaired) electrons. The summed E-state index contributed by atoms with van der Waals surface area (Å²) in [6, 6.07) is 3.23. The Morgan fingerprint density at radius 3 is 1.90 bits per heavy atom. The van der Waals surface area contributed by atoms with Gasteiger partial charge in [-0.25, -0.2) is 0 Å². The van der Waals surface area contributed by atoms with Crippen LogP contribution in [0.1, 0.15) is 0 Å². The van der Waals surface area contributed by atoms with Gasteiger partial charge in [-0.2, -0.15) is 0 Å². The lowest BCUT2D eigenvalue weighted by atomic mass is 10.2. The minimum atomic E-state index is 0.496. The minimum absolute atomic E-state index is 0.496. The van der Waals surface area contributed by atoms with E-state index in [0.29, 0.717) is 22.0 Å². The van der Waals surface area contributed by atoms with Crippen LogP contribution in [0.25, 0.3) is 0 Å². The molecule has 0 bridgehead atoms. The van der Waals surface area contributed by atoms with Crippen LogP contribution in [0.15, 0.2) is 17.0 Å². The number of nitrogen functional groups attached to an aromatic ring is 3. The van der Waals surface area contributed by atoms with Crippen LogP contribution in [0.5, 0.6) is 0 Å². The quantitative estimate of drug-likeness (QED) is 0.329. The molecule has 4 heteroatoms. The van der Waals surface area contributed by atoms with Gasteiger partial charge >= 0.3 is 0 Å². The van der Waals surface area contributed by atoms with Crippen LogP contribution in [-0.2, 0) is 0 Å². The molecule has 1 aromatic carbocycles. The predicted octanol–water partition coefficient (Wildman–Crippen LogP) is 0.722. The molecule has 3 nitrogen and oxygen atoms in total. The molecule has 1 rings (SSSR count). The summed E-state index contributed by atoms with van der Waals surface area (Å²) in [7, 11) is 0. The Hall–Kier alpha value is -1.03. The third kappa shape index (κ3) is 1.11. The smallest absolute Gasteiger partial charge is 0.0569 e. The van der Waals surface area contributed by atoms with E-state index < -0.39 is 0 Å². The van der Waals surface area contributed by atoms with E-state index in [1.807, 2.05) is 0 Å². The van der Waals surface area contributed by atoms with Crippen LogP contribution in [-0.4, -0.2) is 0 Å². The van der Waals surface area contributed by atoms with Crippen molar-refractivity contribution in [3.8, 4) is 0 Å². The summed E-state index contributed by atoms with van der Waals surface area (Å²) in [5.41, 5.74) is 17.9. The van der Waals surface area contributed by atoms with Crippen LogP contribution in [0.3, 0.4) is 0 Å². The topological polar surface area (TPSA) is 78.1 Å². The van der Waals surface area contributed by atoms with Crippen LogP contribution >= 0.6 is 12.6 Å². The summed E-state index contributed by atoms with van der Waals surface area (Å²) in [5.74, 6) is 0. The number of anilines is 3. The lowest BCUT2D eigenvalue weighted by molar-refractivity contribution is 1.47. The zero-order valence-electron chi connectivity index (χ0n) is 5.33.